The van der Waals surface area contributed by atoms with Crippen molar-refractivity contribution < 1.29 is 14.3 Å². The first-order valence-electron chi connectivity index (χ1n) is 8.26. The lowest BCUT2D eigenvalue weighted by molar-refractivity contribution is -0.125. The number of ether oxygens (including phenoxy) is 1. The molecule has 0 aliphatic carbocycles. The molecule has 2 aromatic rings. The molecular weight excluding hydrogens is 348 g/mol. The highest BCUT2D eigenvalue weighted by molar-refractivity contribution is 8.00. The van der Waals surface area contributed by atoms with Gasteiger partial charge in [-0.15, -0.1) is 11.8 Å². The summed E-state index contributed by atoms with van der Waals surface area (Å²) >= 11 is 1.41. The minimum absolute atomic E-state index is 0.222. The van der Waals surface area contributed by atoms with Crippen LogP contribution in [0.1, 0.15) is 18.1 Å². The molecule has 0 aliphatic heterocycles. The van der Waals surface area contributed by atoms with Gasteiger partial charge in [0, 0.05) is 16.5 Å². The molecule has 0 saturated heterocycles. The number of thioether (sulfide) groups is 1. The summed E-state index contributed by atoms with van der Waals surface area (Å²) in [7, 11) is 0. The van der Waals surface area contributed by atoms with Crippen LogP contribution in [0, 0.1) is 6.92 Å². The summed E-state index contributed by atoms with van der Waals surface area (Å²) in [6, 6.07) is 15.3. The minimum atomic E-state index is -0.412. The molecule has 0 heterocycles. The molecule has 26 heavy (non-hydrogen) atoms. The van der Waals surface area contributed by atoms with Crippen LogP contribution in [0.3, 0.4) is 0 Å². The zero-order valence-corrected chi connectivity index (χ0v) is 15.6. The summed E-state index contributed by atoms with van der Waals surface area (Å²) in [4.78, 5) is 24.7. The van der Waals surface area contributed by atoms with E-state index in [4.69, 9.17) is 4.74 Å². The third-order valence-electron chi connectivity index (χ3n) is 3.35. The molecule has 0 spiro atoms. The van der Waals surface area contributed by atoms with E-state index in [1.54, 1.807) is 6.08 Å². The van der Waals surface area contributed by atoms with Gasteiger partial charge in [0.05, 0.1) is 12.4 Å². The molecule has 0 aromatic heterocycles. The Morgan fingerprint density at radius 1 is 1.08 bits per heavy atom. The van der Waals surface area contributed by atoms with Gasteiger partial charge in [0.15, 0.2) is 0 Å². The summed E-state index contributed by atoms with van der Waals surface area (Å²) < 4.78 is 5.49. The Kier molecular flexibility index (Phi) is 7.76. The average molecular weight is 370 g/mol. The molecule has 2 aromatic carbocycles. The lowest BCUT2D eigenvalue weighted by Crippen LogP contribution is -2.41. The standard InChI is InChI=1S/C20H22N2O3S/c1-3-25-18-7-5-4-6-16(18)10-13-19(23)21-22-20(24)14-26-17-11-8-15(2)9-12-17/h4-13H,3,14H2,1-2H3,(H,21,23)(H,22,24)/b13-10+. The highest BCUT2D eigenvalue weighted by atomic mass is 32.2. The van der Waals surface area contributed by atoms with Crippen molar-refractivity contribution in [1.82, 2.24) is 10.9 Å². The predicted molar refractivity (Wildman–Crippen MR) is 105 cm³/mol. The molecule has 5 nitrogen and oxygen atoms in total. The Balaban J connectivity index is 1.77. The molecule has 0 radical (unpaired) electrons. The van der Waals surface area contributed by atoms with Gasteiger partial charge in [0.1, 0.15) is 5.75 Å². The van der Waals surface area contributed by atoms with E-state index in [0.29, 0.717) is 12.4 Å². The summed E-state index contributed by atoms with van der Waals surface area (Å²) in [5.41, 5.74) is 6.74. The van der Waals surface area contributed by atoms with Gasteiger partial charge in [-0.2, -0.15) is 0 Å². The van der Waals surface area contributed by atoms with Crippen LogP contribution in [0.4, 0.5) is 0 Å². The number of aryl methyl sites for hydroxylation is 1. The topological polar surface area (TPSA) is 67.4 Å². The summed E-state index contributed by atoms with van der Waals surface area (Å²) in [5, 5.41) is 0. The number of hydrogen-bond acceptors (Lipinski definition) is 4. The van der Waals surface area contributed by atoms with Crippen LogP contribution >= 0.6 is 11.8 Å². The molecule has 0 fully saturated rings. The SMILES string of the molecule is CCOc1ccccc1/C=C/C(=O)NNC(=O)CSc1ccc(C)cc1. The second-order valence-corrected chi connectivity index (χ2v) is 6.49. The summed E-state index contributed by atoms with van der Waals surface area (Å²) in [6.07, 6.45) is 3.00. The fraction of sp³-hybridized carbons (Fsp3) is 0.200. The van der Waals surface area contributed by atoms with E-state index in [-0.39, 0.29) is 11.7 Å². The summed E-state index contributed by atoms with van der Waals surface area (Å²) in [5.74, 6) is 0.245. The fourth-order valence-corrected chi connectivity index (χ4v) is 2.76. The first-order valence-corrected chi connectivity index (χ1v) is 9.25. The Labute approximate surface area is 157 Å². The molecule has 0 atom stereocenters. The third-order valence-corrected chi connectivity index (χ3v) is 4.36. The molecule has 0 unspecified atom stereocenters. The van der Waals surface area contributed by atoms with Gasteiger partial charge in [-0.25, -0.2) is 0 Å². The van der Waals surface area contributed by atoms with Crippen molar-refractivity contribution in [1.29, 1.82) is 0 Å². The molecule has 2 N–H and O–H groups in total. The lowest BCUT2D eigenvalue weighted by Gasteiger charge is -2.07. The van der Waals surface area contributed by atoms with Gasteiger partial charge >= 0.3 is 0 Å². The number of rotatable bonds is 7. The summed E-state index contributed by atoms with van der Waals surface area (Å²) in [6.45, 7) is 4.46. The monoisotopic (exact) mass is 370 g/mol. The van der Waals surface area contributed by atoms with E-state index in [9.17, 15) is 9.59 Å². The maximum absolute atomic E-state index is 11.8. The van der Waals surface area contributed by atoms with Crippen LogP contribution in [0.15, 0.2) is 59.5 Å². The number of nitrogens with one attached hydrogen (secondary N) is 2. The van der Waals surface area contributed by atoms with E-state index in [1.165, 1.54) is 23.4 Å². The molecule has 2 amide bonds. The van der Waals surface area contributed by atoms with Crippen LogP contribution < -0.4 is 15.6 Å². The van der Waals surface area contributed by atoms with Crippen molar-refractivity contribution >= 4 is 29.7 Å². The van der Waals surface area contributed by atoms with Crippen molar-refractivity contribution in [2.75, 3.05) is 12.4 Å². The van der Waals surface area contributed by atoms with Gasteiger partial charge in [-0.1, -0.05) is 35.9 Å². The lowest BCUT2D eigenvalue weighted by atomic mass is 10.2. The number of benzene rings is 2. The predicted octanol–water partition coefficient (Wildman–Crippen LogP) is 3.35. The van der Waals surface area contributed by atoms with Crippen LogP contribution in [-0.2, 0) is 9.59 Å². The maximum Gasteiger partial charge on any atom is 0.262 e. The van der Waals surface area contributed by atoms with Crippen molar-refractivity contribution in [2.24, 2.45) is 0 Å². The molecule has 0 bridgehead atoms. The third kappa shape index (κ3) is 6.64. The van der Waals surface area contributed by atoms with Gasteiger partial charge < -0.3 is 4.74 Å². The van der Waals surface area contributed by atoms with Crippen LogP contribution in [0.5, 0.6) is 5.75 Å². The number of carbonyl (C=O) groups excluding carboxylic acids is 2. The van der Waals surface area contributed by atoms with E-state index < -0.39 is 5.91 Å². The highest BCUT2D eigenvalue weighted by Crippen LogP contribution is 2.19. The first-order chi connectivity index (χ1) is 12.6. The second-order valence-electron chi connectivity index (χ2n) is 5.44. The maximum atomic E-state index is 11.8. The Bertz CT molecular complexity index is 773. The smallest absolute Gasteiger partial charge is 0.262 e. The largest absolute Gasteiger partial charge is 0.493 e. The van der Waals surface area contributed by atoms with Crippen molar-refractivity contribution in [3.63, 3.8) is 0 Å². The van der Waals surface area contributed by atoms with Crippen LogP contribution in [0.2, 0.25) is 0 Å². The molecular formula is C20H22N2O3S. The van der Waals surface area contributed by atoms with Gasteiger partial charge in [-0.05, 0) is 38.1 Å². The number of amides is 2. The molecule has 0 saturated carbocycles. The Hall–Kier alpha value is -2.73. The van der Waals surface area contributed by atoms with Crippen LogP contribution in [0.25, 0.3) is 6.08 Å². The van der Waals surface area contributed by atoms with Crippen molar-refractivity contribution in [3.05, 3.63) is 65.7 Å². The minimum Gasteiger partial charge on any atom is -0.493 e. The van der Waals surface area contributed by atoms with E-state index in [1.807, 2.05) is 62.4 Å². The Morgan fingerprint density at radius 2 is 1.81 bits per heavy atom. The molecule has 136 valence electrons. The van der Waals surface area contributed by atoms with E-state index >= 15 is 0 Å². The molecule has 2 rings (SSSR count). The zero-order chi connectivity index (χ0) is 18.8. The quantitative estimate of drug-likeness (QED) is 0.446. The number of hydrazine groups is 1. The number of hydrogen-bond donors (Lipinski definition) is 2. The van der Waals surface area contributed by atoms with Gasteiger partial charge in [-0.3, -0.25) is 20.4 Å². The van der Waals surface area contributed by atoms with Crippen molar-refractivity contribution in [2.45, 2.75) is 18.7 Å². The van der Waals surface area contributed by atoms with Gasteiger partial charge in [0.2, 0.25) is 5.91 Å². The van der Waals surface area contributed by atoms with E-state index in [0.717, 1.165) is 10.5 Å². The highest BCUT2D eigenvalue weighted by Gasteiger charge is 2.04. The zero-order valence-electron chi connectivity index (χ0n) is 14.8. The van der Waals surface area contributed by atoms with E-state index in [2.05, 4.69) is 10.9 Å². The fourth-order valence-electron chi connectivity index (χ4n) is 2.06. The second kappa shape index (κ2) is 10.3. The van der Waals surface area contributed by atoms with Crippen LogP contribution in [-0.4, -0.2) is 24.2 Å². The van der Waals surface area contributed by atoms with Gasteiger partial charge in [0.25, 0.3) is 5.91 Å². The normalized spacial score (nSPS) is 10.5. The van der Waals surface area contributed by atoms with Crippen molar-refractivity contribution in [3.8, 4) is 5.75 Å². The Morgan fingerprint density at radius 3 is 2.54 bits per heavy atom. The number of para-hydroxylation sites is 1. The average Bonchev–Trinajstić information content (AvgIpc) is 2.65. The molecule has 6 heteroatoms. The number of carbonyl (C=O) groups is 2. The molecule has 0 aliphatic rings. The first kappa shape index (κ1) is 19.6.